The van der Waals surface area contributed by atoms with Gasteiger partial charge in [0.1, 0.15) is 0 Å². The number of hydrogen-bond donors (Lipinski definition) is 1. The molecule has 0 heterocycles. The number of rotatable bonds is 5. The van der Waals surface area contributed by atoms with Gasteiger partial charge in [-0.2, -0.15) is 0 Å². The van der Waals surface area contributed by atoms with Crippen molar-refractivity contribution in [3.8, 4) is 16.9 Å². The van der Waals surface area contributed by atoms with E-state index in [-0.39, 0.29) is 10.6 Å². The van der Waals surface area contributed by atoms with E-state index in [9.17, 15) is 12.8 Å². The van der Waals surface area contributed by atoms with Crippen LogP contribution >= 0.6 is 0 Å². The molecule has 0 fully saturated rings. The van der Waals surface area contributed by atoms with Gasteiger partial charge in [-0.15, -0.1) is 0 Å². The van der Waals surface area contributed by atoms with E-state index >= 15 is 0 Å². The lowest BCUT2D eigenvalue weighted by atomic mass is 10.0. The number of anilines is 1. The lowest BCUT2D eigenvalue weighted by Crippen LogP contribution is -2.14. The largest absolute Gasteiger partial charge is 0.494 e. The zero-order chi connectivity index (χ0) is 17.9. The van der Waals surface area contributed by atoms with Gasteiger partial charge in [-0.25, -0.2) is 12.8 Å². The minimum atomic E-state index is -3.89. The molecule has 0 aliphatic rings. The highest BCUT2D eigenvalue weighted by atomic mass is 32.2. The zero-order valence-corrected chi connectivity index (χ0v) is 14.3. The van der Waals surface area contributed by atoms with Crippen molar-refractivity contribution in [1.82, 2.24) is 0 Å². The highest BCUT2D eigenvalue weighted by Gasteiger charge is 2.18. The first kappa shape index (κ1) is 17.0. The molecular weight excluding hydrogens is 341 g/mol. The molecule has 0 aliphatic heterocycles. The molecule has 0 atom stereocenters. The molecule has 6 heteroatoms. The summed E-state index contributed by atoms with van der Waals surface area (Å²) in [6.45, 7) is 0. The van der Waals surface area contributed by atoms with Gasteiger partial charge >= 0.3 is 0 Å². The Morgan fingerprint density at radius 3 is 2.32 bits per heavy atom. The summed E-state index contributed by atoms with van der Waals surface area (Å²) in [7, 11) is -2.61. The summed E-state index contributed by atoms with van der Waals surface area (Å²) in [4.78, 5) is -0.0754. The fourth-order valence-electron chi connectivity index (χ4n) is 2.45. The molecule has 0 spiro atoms. The Hall–Kier alpha value is -2.86. The summed E-state index contributed by atoms with van der Waals surface area (Å²) < 4.78 is 46.3. The smallest absolute Gasteiger partial charge is 0.262 e. The van der Waals surface area contributed by atoms with Gasteiger partial charge in [-0.05, 0) is 23.8 Å². The fraction of sp³-hybridized carbons (Fsp3) is 0.0526. The lowest BCUT2D eigenvalue weighted by molar-refractivity contribution is 0.385. The predicted octanol–water partition coefficient (Wildman–Crippen LogP) is 4.30. The second-order valence-corrected chi connectivity index (χ2v) is 7.00. The summed E-state index contributed by atoms with van der Waals surface area (Å²) in [5.41, 5.74) is 2.08. The standard InChI is InChI=1S/C19H16FNO3S/c1-24-19-13-15(11-12-17(19)20)25(22,23)21-18-10-6-5-9-16(18)14-7-3-2-4-8-14/h2-13,21H,1H3. The maximum Gasteiger partial charge on any atom is 0.262 e. The quantitative estimate of drug-likeness (QED) is 0.741. The van der Waals surface area contributed by atoms with Crippen molar-refractivity contribution in [1.29, 1.82) is 0 Å². The highest BCUT2D eigenvalue weighted by molar-refractivity contribution is 7.92. The molecule has 0 aromatic heterocycles. The molecule has 128 valence electrons. The zero-order valence-electron chi connectivity index (χ0n) is 13.4. The molecule has 1 N–H and O–H groups in total. The van der Waals surface area contributed by atoms with Crippen LogP contribution in [0.3, 0.4) is 0 Å². The van der Waals surface area contributed by atoms with Crippen LogP contribution in [0, 0.1) is 5.82 Å². The normalized spacial score (nSPS) is 11.1. The molecule has 3 aromatic carbocycles. The summed E-state index contributed by atoms with van der Waals surface area (Å²) in [6, 6.07) is 20.0. The third kappa shape index (κ3) is 3.64. The third-order valence-corrected chi connectivity index (χ3v) is 5.05. The summed E-state index contributed by atoms with van der Waals surface area (Å²) >= 11 is 0. The molecule has 0 amide bonds. The second-order valence-electron chi connectivity index (χ2n) is 5.31. The van der Waals surface area contributed by atoms with Gasteiger partial charge in [-0.3, -0.25) is 4.72 Å². The van der Waals surface area contributed by atoms with Crippen molar-refractivity contribution >= 4 is 15.7 Å². The Morgan fingerprint density at radius 2 is 1.60 bits per heavy atom. The van der Waals surface area contributed by atoms with Gasteiger partial charge < -0.3 is 4.74 Å². The number of ether oxygens (including phenoxy) is 1. The molecule has 3 aromatic rings. The van der Waals surface area contributed by atoms with Crippen molar-refractivity contribution in [2.24, 2.45) is 0 Å². The number of nitrogens with one attached hydrogen (secondary N) is 1. The SMILES string of the molecule is COc1cc(S(=O)(=O)Nc2ccccc2-c2ccccc2)ccc1F. The molecule has 3 rings (SSSR count). The van der Waals surface area contributed by atoms with Crippen LogP contribution in [0.5, 0.6) is 5.75 Å². The number of halogens is 1. The van der Waals surface area contributed by atoms with Gasteiger partial charge in [0.2, 0.25) is 0 Å². The first-order valence-electron chi connectivity index (χ1n) is 7.52. The van der Waals surface area contributed by atoms with Gasteiger partial charge in [0.25, 0.3) is 10.0 Å². The molecule has 0 saturated heterocycles. The Balaban J connectivity index is 2.00. The van der Waals surface area contributed by atoms with E-state index in [4.69, 9.17) is 4.74 Å². The van der Waals surface area contributed by atoms with Gasteiger partial charge in [-0.1, -0.05) is 48.5 Å². The Labute approximate surface area is 146 Å². The summed E-state index contributed by atoms with van der Waals surface area (Å²) in [6.07, 6.45) is 0. The number of hydrogen-bond acceptors (Lipinski definition) is 3. The van der Waals surface area contributed by atoms with Crippen LogP contribution in [0.25, 0.3) is 11.1 Å². The Morgan fingerprint density at radius 1 is 0.920 bits per heavy atom. The Bertz CT molecular complexity index is 989. The topological polar surface area (TPSA) is 55.4 Å². The number of sulfonamides is 1. The molecule has 0 bridgehead atoms. The van der Waals surface area contributed by atoms with Crippen LogP contribution in [0.4, 0.5) is 10.1 Å². The number of para-hydroxylation sites is 1. The monoisotopic (exact) mass is 357 g/mol. The molecular formula is C19H16FNO3S. The lowest BCUT2D eigenvalue weighted by Gasteiger charge is -2.13. The van der Waals surface area contributed by atoms with E-state index < -0.39 is 15.8 Å². The van der Waals surface area contributed by atoms with Gasteiger partial charge in [0.05, 0.1) is 17.7 Å². The van der Waals surface area contributed by atoms with Gasteiger partial charge in [0.15, 0.2) is 11.6 Å². The van der Waals surface area contributed by atoms with E-state index in [1.165, 1.54) is 13.2 Å². The van der Waals surface area contributed by atoms with Crippen molar-refractivity contribution in [2.75, 3.05) is 11.8 Å². The third-order valence-electron chi connectivity index (χ3n) is 3.69. The maximum absolute atomic E-state index is 13.5. The molecule has 0 unspecified atom stereocenters. The maximum atomic E-state index is 13.5. The average Bonchev–Trinajstić information content (AvgIpc) is 2.63. The van der Waals surface area contributed by atoms with E-state index in [0.717, 1.165) is 23.3 Å². The van der Waals surface area contributed by atoms with E-state index in [1.807, 2.05) is 42.5 Å². The van der Waals surface area contributed by atoms with E-state index in [2.05, 4.69) is 4.72 Å². The average molecular weight is 357 g/mol. The molecule has 0 aliphatic carbocycles. The van der Waals surface area contributed by atoms with Crippen molar-refractivity contribution in [3.63, 3.8) is 0 Å². The minimum Gasteiger partial charge on any atom is -0.494 e. The first-order chi connectivity index (χ1) is 12.0. The molecule has 0 radical (unpaired) electrons. The van der Waals surface area contributed by atoms with Crippen LogP contribution in [0.2, 0.25) is 0 Å². The van der Waals surface area contributed by atoms with E-state index in [0.29, 0.717) is 5.69 Å². The van der Waals surface area contributed by atoms with Crippen molar-refractivity contribution in [2.45, 2.75) is 4.90 Å². The van der Waals surface area contributed by atoms with Crippen LogP contribution in [-0.4, -0.2) is 15.5 Å². The first-order valence-corrected chi connectivity index (χ1v) is 9.00. The van der Waals surface area contributed by atoms with Gasteiger partial charge in [0, 0.05) is 11.6 Å². The number of methoxy groups -OCH3 is 1. The van der Waals surface area contributed by atoms with E-state index in [1.54, 1.807) is 12.1 Å². The van der Waals surface area contributed by atoms with Crippen molar-refractivity contribution in [3.05, 3.63) is 78.6 Å². The Kier molecular flexibility index (Phi) is 4.72. The number of benzene rings is 3. The summed E-state index contributed by atoms with van der Waals surface area (Å²) in [5.74, 6) is -0.745. The van der Waals surface area contributed by atoms with Crippen LogP contribution in [0.15, 0.2) is 77.7 Å². The van der Waals surface area contributed by atoms with Crippen LogP contribution in [-0.2, 0) is 10.0 Å². The fourth-order valence-corrected chi connectivity index (χ4v) is 3.55. The second kappa shape index (κ2) is 6.94. The molecule has 25 heavy (non-hydrogen) atoms. The minimum absolute atomic E-state index is 0.0754. The van der Waals surface area contributed by atoms with Crippen LogP contribution in [0.1, 0.15) is 0 Å². The summed E-state index contributed by atoms with van der Waals surface area (Å²) in [5, 5.41) is 0. The highest BCUT2D eigenvalue weighted by Crippen LogP contribution is 2.30. The molecule has 4 nitrogen and oxygen atoms in total. The molecule has 0 saturated carbocycles. The predicted molar refractivity (Wildman–Crippen MR) is 95.6 cm³/mol. The van der Waals surface area contributed by atoms with Crippen LogP contribution < -0.4 is 9.46 Å². The van der Waals surface area contributed by atoms with Crippen molar-refractivity contribution < 1.29 is 17.5 Å².